The van der Waals surface area contributed by atoms with Gasteiger partial charge in [0.2, 0.25) is 0 Å². The van der Waals surface area contributed by atoms with Crippen molar-refractivity contribution in [2.45, 2.75) is 31.3 Å². The maximum atomic E-state index is 12.7. The number of rotatable bonds is 3. The molecule has 0 fully saturated rings. The lowest BCUT2D eigenvalue weighted by Gasteiger charge is -2.17. The molecule has 0 aromatic heterocycles. The topological polar surface area (TPSA) is 67.8 Å². The highest BCUT2D eigenvalue weighted by Crippen LogP contribution is 2.20. The first-order valence-corrected chi connectivity index (χ1v) is 9.45. The maximum absolute atomic E-state index is 12.7. The molecule has 0 saturated carbocycles. The van der Waals surface area contributed by atoms with Gasteiger partial charge in [-0.1, -0.05) is 18.2 Å². The van der Waals surface area contributed by atoms with Gasteiger partial charge in [0.25, 0.3) is 0 Å². The van der Waals surface area contributed by atoms with Crippen LogP contribution < -0.4 is 5.32 Å². The number of anilines is 2. The Kier molecular flexibility index (Phi) is 5.29. The van der Waals surface area contributed by atoms with Crippen LogP contribution in [0.5, 0.6) is 0 Å². The van der Waals surface area contributed by atoms with E-state index in [1.54, 1.807) is 45.0 Å². The zero-order valence-electron chi connectivity index (χ0n) is 14.3. The first-order valence-electron chi connectivity index (χ1n) is 7.53. The Bertz CT molecular complexity index is 816. The molecule has 2 rings (SSSR count). The molecule has 2 aromatic rings. The van der Waals surface area contributed by atoms with E-state index in [1.807, 2.05) is 30.3 Å². The summed E-state index contributed by atoms with van der Waals surface area (Å²) < 4.78 is 21.5. The predicted octanol–water partition coefficient (Wildman–Crippen LogP) is 4.82. The second kappa shape index (κ2) is 7.05. The molecule has 0 spiro atoms. The van der Waals surface area contributed by atoms with Crippen LogP contribution in [-0.2, 0) is 14.5 Å². The van der Waals surface area contributed by atoms with Gasteiger partial charge in [0.05, 0.1) is 9.73 Å². The standard InChI is InChI=1S/C18H22N2O3S/c1-18(2,3)23-17(21)20-24(4,22)16-12-10-15(11-13-16)19-14-8-6-5-7-9-14/h5-13,19H,1-4H3. The van der Waals surface area contributed by atoms with E-state index < -0.39 is 21.4 Å². The largest absolute Gasteiger partial charge is 0.442 e. The molecule has 128 valence electrons. The molecular weight excluding hydrogens is 324 g/mol. The molecule has 0 aliphatic carbocycles. The fourth-order valence-corrected chi connectivity index (χ4v) is 3.02. The summed E-state index contributed by atoms with van der Waals surface area (Å²) in [5, 5.41) is 3.24. The second-order valence-corrected chi connectivity index (χ2v) is 8.65. The minimum absolute atomic E-state index is 0.479. The van der Waals surface area contributed by atoms with Crippen molar-refractivity contribution >= 4 is 27.2 Å². The van der Waals surface area contributed by atoms with Crippen LogP contribution in [0.4, 0.5) is 16.2 Å². The smallest absolute Gasteiger partial charge is 0.442 e. The SMILES string of the molecule is CC(C)(C)OC(=O)N=S(C)(=O)c1ccc(Nc2ccccc2)cc1. The molecule has 6 heteroatoms. The highest BCUT2D eigenvalue weighted by Gasteiger charge is 2.18. The van der Waals surface area contributed by atoms with Gasteiger partial charge >= 0.3 is 6.09 Å². The van der Waals surface area contributed by atoms with Crippen LogP contribution in [0.25, 0.3) is 0 Å². The van der Waals surface area contributed by atoms with E-state index in [2.05, 4.69) is 9.68 Å². The van der Waals surface area contributed by atoms with Crippen LogP contribution in [0, 0.1) is 0 Å². The molecule has 1 amide bonds. The van der Waals surface area contributed by atoms with Crippen LogP contribution in [0.3, 0.4) is 0 Å². The lowest BCUT2D eigenvalue weighted by Crippen LogP contribution is -2.22. The molecule has 0 aliphatic heterocycles. The lowest BCUT2D eigenvalue weighted by atomic mass is 10.2. The summed E-state index contributed by atoms with van der Waals surface area (Å²) in [6.07, 6.45) is 0.609. The molecule has 0 heterocycles. The van der Waals surface area contributed by atoms with E-state index in [4.69, 9.17) is 4.74 Å². The highest BCUT2D eigenvalue weighted by molar-refractivity contribution is 7.93. The number of benzene rings is 2. The Morgan fingerprint density at radius 2 is 1.54 bits per heavy atom. The second-order valence-electron chi connectivity index (χ2n) is 6.39. The maximum Gasteiger partial charge on any atom is 0.442 e. The first kappa shape index (κ1) is 18.0. The summed E-state index contributed by atoms with van der Waals surface area (Å²) in [5.41, 5.74) is 1.15. The molecule has 1 atom stereocenters. The summed E-state index contributed by atoms with van der Waals surface area (Å²) in [6, 6.07) is 16.7. The number of carbonyl (C=O) groups is 1. The van der Waals surface area contributed by atoms with Gasteiger partial charge in [-0.2, -0.15) is 0 Å². The van der Waals surface area contributed by atoms with Gasteiger partial charge in [0.1, 0.15) is 5.60 Å². The van der Waals surface area contributed by atoms with Crippen molar-refractivity contribution in [3.05, 3.63) is 54.6 Å². The van der Waals surface area contributed by atoms with E-state index in [0.717, 1.165) is 11.4 Å². The van der Waals surface area contributed by atoms with Crippen molar-refractivity contribution in [3.63, 3.8) is 0 Å². The molecule has 0 bridgehead atoms. The Hall–Kier alpha value is -2.34. The number of amides is 1. The molecule has 0 radical (unpaired) electrons. The third kappa shape index (κ3) is 5.38. The summed E-state index contributed by atoms with van der Waals surface area (Å²) in [4.78, 5) is 12.3. The minimum Gasteiger partial charge on any atom is -0.442 e. The molecule has 5 nitrogen and oxygen atoms in total. The Labute approximate surface area is 143 Å². The average molecular weight is 346 g/mol. The van der Waals surface area contributed by atoms with Crippen LogP contribution in [-0.4, -0.2) is 22.2 Å². The van der Waals surface area contributed by atoms with Crippen molar-refractivity contribution in [3.8, 4) is 0 Å². The minimum atomic E-state index is -2.85. The van der Waals surface area contributed by atoms with Gasteiger partial charge in [-0.15, -0.1) is 4.36 Å². The van der Waals surface area contributed by atoms with Crippen molar-refractivity contribution in [1.29, 1.82) is 0 Å². The average Bonchev–Trinajstić information content (AvgIpc) is 2.46. The third-order valence-electron chi connectivity index (χ3n) is 3.00. The zero-order chi connectivity index (χ0) is 17.8. The monoisotopic (exact) mass is 346 g/mol. The van der Waals surface area contributed by atoms with Crippen LogP contribution >= 0.6 is 0 Å². The third-order valence-corrected chi connectivity index (χ3v) is 4.64. The summed E-state index contributed by atoms with van der Waals surface area (Å²) in [6.45, 7) is 5.21. The predicted molar refractivity (Wildman–Crippen MR) is 97.2 cm³/mol. The lowest BCUT2D eigenvalue weighted by molar-refractivity contribution is 0.0607. The Morgan fingerprint density at radius 3 is 2.08 bits per heavy atom. The molecule has 0 saturated heterocycles. The molecular formula is C18H22N2O3S. The molecule has 1 unspecified atom stereocenters. The fourth-order valence-electron chi connectivity index (χ4n) is 1.95. The van der Waals surface area contributed by atoms with Crippen LogP contribution in [0.2, 0.25) is 0 Å². The number of hydrogen-bond acceptors (Lipinski definition) is 4. The quantitative estimate of drug-likeness (QED) is 0.865. The van der Waals surface area contributed by atoms with E-state index in [9.17, 15) is 9.00 Å². The van der Waals surface area contributed by atoms with Crippen LogP contribution in [0.1, 0.15) is 20.8 Å². The summed E-state index contributed by atoms with van der Waals surface area (Å²) >= 11 is 0. The molecule has 1 N–H and O–H groups in total. The van der Waals surface area contributed by atoms with Gasteiger partial charge in [-0.05, 0) is 57.2 Å². The van der Waals surface area contributed by atoms with Crippen molar-refractivity contribution in [2.24, 2.45) is 4.36 Å². The van der Waals surface area contributed by atoms with Crippen molar-refractivity contribution < 1.29 is 13.7 Å². The van der Waals surface area contributed by atoms with Gasteiger partial charge < -0.3 is 10.1 Å². The molecule has 24 heavy (non-hydrogen) atoms. The highest BCUT2D eigenvalue weighted by atomic mass is 32.2. The van der Waals surface area contributed by atoms with E-state index in [-0.39, 0.29) is 0 Å². The number of carbonyl (C=O) groups excluding carboxylic acids is 1. The Balaban J connectivity index is 2.17. The molecule has 0 aliphatic rings. The first-order chi connectivity index (χ1) is 11.2. The number of nitrogens with one attached hydrogen (secondary N) is 1. The van der Waals surface area contributed by atoms with Gasteiger partial charge in [-0.3, -0.25) is 0 Å². The van der Waals surface area contributed by atoms with E-state index >= 15 is 0 Å². The van der Waals surface area contributed by atoms with Gasteiger partial charge in [-0.25, -0.2) is 9.00 Å². The molecule has 2 aromatic carbocycles. The zero-order valence-corrected chi connectivity index (χ0v) is 15.1. The number of hydrogen-bond donors (Lipinski definition) is 1. The van der Waals surface area contributed by atoms with E-state index in [1.165, 1.54) is 6.26 Å². The summed E-state index contributed by atoms with van der Waals surface area (Å²) in [5.74, 6) is 0. The number of ether oxygens (including phenoxy) is 1. The van der Waals surface area contributed by atoms with E-state index in [0.29, 0.717) is 4.90 Å². The summed E-state index contributed by atoms with van der Waals surface area (Å²) in [7, 11) is -2.85. The normalized spacial score (nSPS) is 13.7. The van der Waals surface area contributed by atoms with Gasteiger partial charge in [0.15, 0.2) is 0 Å². The number of para-hydroxylation sites is 1. The van der Waals surface area contributed by atoms with Crippen molar-refractivity contribution in [2.75, 3.05) is 11.6 Å². The fraction of sp³-hybridized carbons (Fsp3) is 0.278. The van der Waals surface area contributed by atoms with Crippen LogP contribution in [0.15, 0.2) is 63.9 Å². The van der Waals surface area contributed by atoms with Gasteiger partial charge in [0, 0.05) is 22.5 Å². The van der Waals surface area contributed by atoms with Crippen molar-refractivity contribution in [1.82, 2.24) is 0 Å². The Morgan fingerprint density at radius 1 is 1.00 bits per heavy atom. The number of nitrogens with zero attached hydrogens (tertiary/aromatic N) is 1.